The summed E-state index contributed by atoms with van der Waals surface area (Å²) in [5.74, 6) is 3.33. The molecule has 0 saturated carbocycles. The standard InChI is InChI=1S/C27H28FN5O.C23H21FN4O3S.C21H21FN6O/c1-18-16-33-26(31-18)22(20-6-4-19(5-7-20)17-32-11-2-3-12-32)14-29-27(33)30-15-23-21-10-13-34-25(21)9-8-24(23)28;1-14-13-28-22(27-14)18(15-3-5-16(6-4-15)32(2,29)30)11-25-23(28)26-12-19-17-9-10-31-21(17)8-7-20(19)24;1-12-10-28-20(25-12)16(17-11-27(3)26-13(17)2)9-24-21(28)23-8-15-14-6-7-29-19(14)5-4-18(15)22/h4-9,14,16H,2-3,10-13,15,17H2,1H3,(H,29,30);3-8,11,13H,9-10,12H2,1-2H3,(H,25,26);4-5,9-11H,6-8H2,1-3H3,(H,23,24). The molecule has 0 unspecified atom stereocenters. The Balaban J connectivity index is 0.000000123. The summed E-state index contributed by atoms with van der Waals surface area (Å²) in [5, 5.41) is 14.3. The van der Waals surface area contributed by atoms with E-state index in [-0.39, 0.29) is 28.9 Å². The maximum Gasteiger partial charge on any atom is 0.208 e. The zero-order chi connectivity index (χ0) is 65.6. The van der Waals surface area contributed by atoms with Gasteiger partial charge in [0.25, 0.3) is 0 Å². The van der Waals surface area contributed by atoms with Crippen LogP contribution < -0.4 is 30.2 Å². The van der Waals surface area contributed by atoms with E-state index in [2.05, 4.69) is 70.2 Å². The van der Waals surface area contributed by atoms with Crippen molar-refractivity contribution >= 4 is 44.6 Å². The van der Waals surface area contributed by atoms with Crippen LogP contribution in [0.5, 0.6) is 17.2 Å². The van der Waals surface area contributed by atoms with Gasteiger partial charge in [-0.1, -0.05) is 36.4 Å². The first-order valence-electron chi connectivity index (χ1n) is 31.7. The van der Waals surface area contributed by atoms with Crippen LogP contribution >= 0.6 is 0 Å². The first-order valence-corrected chi connectivity index (χ1v) is 33.5. The Hall–Kier alpha value is -10.3. The number of imidazole rings is 3. The highest BCUT2D eigenvalue weighted by atomic mass is 32.2. The molecule has 4 aliphatic heterocycles. The number of ether oxygens (including phenoxy) is 3. The molecule has 11 heterocycles. The van der Waals surface area contributed by atoms with Crippen LogP contribution in [0.3, 0.4) is 0 Å². The van der Waals surface area contributed by atoms with Gasteiger partial charge in [-0.15, -0.1) is 0 Å². The van der Waals surface area contributed by atoms with Crippen molar-refractivity contribution in [2.75, 3.05) is 55.1 Å². The number of halogens is 3. The van der Waals surface area contributed by atoms with Crippen LogP contribution in [0.1, 0.15) is 74.6 Å². The van der Waals surface area contributed by atoms with Gasteiger partial charge >= 0.3 is 0 Å². The molecular weight excluding hydrogens is 1230 g/mol. The first-order chi connectivity index (χ1) is 46.0. The van der Waals surface area contributed by atoms with Crippen molar-refractivity contribution in [3.05, 3.63) is 207 Å². The molecule has 0 aliphatic carbocycles. The lowest BCUT2D eigenvalue weighted by Crippen LogP contribution is -2.18. The van der Waals surface area contributed by atoms with Gasteiger partial charge in [-0.05, 0) is 119 Å². The molecule has 3 N–H and O–H groups in total. The van der Waals surface area contributed by atoms with Gasteiger partial charge in [0.1, 0.15) is 51.6 Å². The minimum atomic E-state index is -3.27. The monoisotopic (exact) mass is 1300 g/mol. The molecule has 1 saturated heterocycles. The number of sulfone groups is 1. The predicted octanol–water partition coefficient (Wildman–Crippen LogP) is 12.2. The van der Waals surface area contributed by atoms with E-state index in [4.69, 9.17) is 24.2 Å². The molecule has 1 fully saturated rings. The maximum atomic E-state index is 14.6. The second-order valence-electron chi connectivity index (χ2n) is 24.4. The van der Waals surface area contributed by atoms with Crippen molar-refractivity contribution in [2.24, 2.45) is 7.05 Å². The van der Waals surface area contributed by atoms with Gasteiger partial charge in [0.2, 0.25) is 17.8 Å². The minimum absolute atomic E-state index is 0.222. The number of benzene rings is 5. The summed E-state index contributed by atoms with van der Waals surface area (Å²) in [7, 11) is -1.38. The van der Waals surface area contributed by atoms with Gasteiger partial charge in [0, 0.05) is 158 Å². The lowest BCUT2D eigenvalue weighted by Gasteiger charge is -2.15. The molecule has 0 spiro atoms. The van der Waals surface area contributed by atoms with Crippen molar-refractivity contribution in [3.63, 3.8) is 0 Å². The van der Waals surface area contributed by atoms with Gasteiger partial charge in [0.15, 0.2) is 9.84 Å². The van der Waals surface area contributed by atoms with Gasteiger partial charge in [0.05, 0.1) is 47.5 Å². The van der Waals surface area contributed by atoms with Crippen LogP contribution in [0, 0.1) is 45.1 Å². The van der Waals surface area contributed by atoms with Crippen LogP contribution in [0.15, 0.2) is 133 Å². The van der Waals surface area contributed by atoms with E-state index in [1.807, 2.05) is 78.9 Å². The third-order valence-corrected chi connectivity index (χ3v) is 18.8. The summed E-state index contributed by atoms with van der Waals surface area (Å²) in [6.45, 7) is 13.8. The number of hydrogen-bond donors (Lipinski definition) is 3. The number of nitrogens with zero attached hydrogens (tertiary/aromatic N) is 12. The zero-order valence-electron chi connectivity index (χ0n) is 53.5. The quantitative estimate of drug-likeness (QED) is 0.0871. The van der Waals surface area contributed by atoms with E-state index >= 15 is 0 Å². The average Bonchev–Trinajstić information content (AvgIpc) is 1.69. The molecule has 12 aromatic rings. The third kappa shape index (κ3) is 12.7. The Morgan fingerprint density at radius 3 is 1.27 bits per heavy atom. The lowest BCUT2D eigenvalue weighted by atomic mass is 10.0. The molecule has 0 radical (unpaired) electrons. The predicted molar refractivity (Wildman–Crippen MR) is 357 cm³/mol. The number of nitrogens with one attached hydrogen (secondary N) is 3. The molecular formula is C71H70F3N15O5S. The molecule has 16 rings (SSSR count). The number of hydrogen-bond acceptors (Lipinski definition) is 16. The van der Waals surface area contributed by atoms with E-state index < -0.39 is 9.84 Å². The maximum absolute atomic E-state index is 14.6. The number of anilines is 3. The highest BCUT2D eigenvalue weighted by Gasteiger charge is 2.25. The lowest BCUT2D eigenvalue weighted by molar-refractivity contribution is 0.331. The van der Waals surface area contributed by atoms with Gasteiger partial charge in [-0.3, -0.25) is 22.8 Å². The molecule has 486 valence electrons. The normalized spacial score (nSPS) is 14.0. The number of fused-ring (bicyclic) bond motifs is 6. The molecule has 0 atom stereocenters. The van der Waals surface area contributed by atoms with Crippen LogP contribution in [0.25, 0.3) is 50.3 Å². The second-order valence-corrected chi connectivity index (χ2v) is 26.4. The van der Waals surface area contributed by atoms with Crippen molar-refractivity contribution in [1.82, 2.24) is 57.8 Å². The molecule has 0 bridgehead atoms. The molecule has 4 aliphatic rings. The van der Waals surface area contributed by atoms with Crippen LogP contribution in [0.2, 0.25) is 0 Å². The fourth-order valence-corrected chi connectivity index (χ4v) is 13.7. The van der Waals surface area contributed by atoms with E-state index in [9.17, 15) is 21.6 Å². The first kappa shape index (κ1) is 62.1. The van der Waals surface area contributed by atoms with Crippen LogP contribution in [-0.4, -0.2) is 105 Å². The number of rotatable bonds is 15. The summed E-state index contributed by atoms with van der Waals surface area (Å²) in [6, 6.07) is 24.8. The summed E-state index contributed by atoms with van der Waals surface area (Å²) in [4.78, 5) is 30.7. The molecule has 24 heteroatoms. The Bertz CT molecular complexity index is 5020. The average molecular weight is 1300 g/mol. The van der Waals surface area contributed by atoms with Gasteiger partial charge < -0.3 is 30.2 Å². The van der Waals surface area contributed by atoms with Crippen molar-refractivity contribution in [3.8, 4) is 50.6 Å². The van der Waals surface area contributed by atoms with Crippen molar-refractivity contribution < 1.29 is 35.8 Å². The van der Waals surface area contributed by atoms with E-state index in [1.165, 1.54) is 55.9 Å². The van der Waals surface area contributed by atoms with Gasteiger partial charge in [-0.2, -0.15) is 5.10 Å². The van der Waals surface area contributed by atoms with E-state index in [1.54, 1.807) is 59.5 Å². The number of likely N-dealkylation sites (tertiary alicyclic amines) is 1. The Morgan fingerprint density at radius 1 is 0.495 bits per heavy atom. The molecule has 5 aromatic carbocycles. The fourth-order valence-electron chi connectivity index (χ4n) is 13.0. The highest BCUT2D eigenvalue weighted by Crippen LogP contribution is 2.36. The van der Waals surface area contributed by atoms with Crippen LogP contribution in [-0.2, 0) is 62.3 Å². The summed E-state index contributed by atoms with van der Waals surface area (Å²) in [6.07, 6.45) is 18.9. The molecule has 0 amide bonds. The number of aromatic nitrogens is 11. The third-order valence-electron chi connectivity index (χ3n) is 17.7. The Labute approximate surface area is 546 Å². The Morgan fingerprint density at radius 2 is 0.884 bits per heavy atom. The van der Waals surface area contributed by atoms with E-state index in [0.717, 1.165) is 121 Å². The van der Waals surface area contributed by atoms with Gasteiger partial charge in [-0.25, -0.2) is 51.5 Å². The topological polar surface area (TPSA) is 210 Å². The molecule has 20 nitrogen and oxygen atoms in total. The Kier molecular flexibility index (Phi) is 16.9. The summed E-state index contributed by atoms with van der Waals surface area (Å²) >= 11 is 0. The highest BCUT2D eigenvalue weighted by molar-refractivity contribution is 7.90. The summed E-state index contributed by atoms with van der Waals surface area (Å²) < 4.78 is 91.2. The zero-order valence-corrected chi connectivity index (χ0v) is 54.3. The van der Waals surface area contributed by atoms with Crippen molar-refractivity contribution in [2.45, 2.75) is 90.9 Å². The van der Waals surface area contributed by atoms with Crippen LogP contribution in [0.4, 0.5) is 31.0 Å². The SMILES string of the molecule is Cc1cn2c(NCc3c(F)ccc4c3CCO4)ncc(-c3ccc(CN4CCCC4)cc3)c2n1.Cc1cn2c(NCc3c(F)ccc4c3CCO4)ncc(-c3ccc(S(C)(=O)=O)cc3)c2n1.Cc1cn2c(NCc3c(F)ccc4c3CCO4)ncc(-c3cn(C)nc3C)c2n1. The number of aryl methyl sites for hydroxylation is 5. The fraction of sp³-hybridized carbons (Fsp3) is 0.282. The summed E-state index contributed by atoms with van der Waals surface area (Å²) in [5.41, 5.74) is 17.3. The molecule has 7 aromatic heterocycles. The van der Waals surface area contributed by atoms with E-state index in [0.29, 0.717) is 79.5 Å². The smallest absolute Gasteiger partial charge is 0.208 e. The minimum Gasteiger partial charge on any atom is -0.493 e. The van der Waals surface area contributed by atoms with Crippen molar-refractivity contribution in [1.29, 1.82) is 0 Å². The largest absolute Gasteiger partial charge is 0.493 e. The second kappa shape index (κ2) is 25.9. The molecule has 95 heavy (non-hydrogen) atoms.